The van der Waals surface area contributed by atoms with E-state index >= 15 is 0 Å². The maximum absolute atomic E-state index is 3.89. The SMILES string of the molecule is C=CC1=C(C2CC2)CCN(C)C1. The molecule has 1 nitrogen and oxygen atoms in total. The molecule has 0 radical (unpaired) electrons. The molecule has 1 aliphatic carbocycles. The van der Waals surface area contributed by atoms with E-state index in [9.17, 15) is 0 Å². The Balaban J connectivity index is 2.17. The van der Waals surface area contributed by atoms with Crippen LogP contribution < -0.4 is 0 Å². The Hall–Kier alpha value is -0.560. The van der Waals surface area contributed by atoms with Gasteiger partial charge in [0.15, 0.2) is 0 Å². The van der Waals surface area contributed by atoms with Crippen molar-refractivity contribution < 1.29 is 0 Å². The minimum absolute atomic E-state index is 0.937. The fraction of sp³-hybridized carbons (Fsp3) is 0.636. The normalized spacial score (nSPS) is 26.1. The molecule has 0 spiro atoms. The predicted molar refractivity (Wildman–Crippen MR) is 52.1 cm³/mol. The average Bonchev–Trinajstić information content (AvgIpc) is 2.87. The van der Waals surface area contributed by atoms with E-state index < -0.39 is 0 Å². The summed E-state index contributed by atoms with van der Waals surface area (Å²) in [7, 11) is 2.19. The summed E-state index contributed by atoms with van der Waals surface area (Å²) in [5.41, 5.74) is 3.22. The highest BCUT2D eigenvalue weighted by molar-refractivity contribution is 5.31. The third-order valence-electron chi connectivity index (χ3n) is 2.93. The second kappa shape index (κ2) is 3.06. The molecule has 1 saturated carbocycles. The van der Waals surface area contributed by atoms with Crippen molar-refractivity contribution in [1.29, 1.82) is 0 Å². The van der Waals surface area contributed by atoms with Gasteiger partial charge in [-0.3, -0.25) is 0 Å². The van der Waals surface area contributed by atoms with E-state index in [4.69, 9.17) is 0 Å². The second-order valence-corrected chi connectivity index (χ2v) is 4.02. The lowest BCUT2D eigenvalue weighted by Crippen LogP contribution is -2.27. The average molecular weight is 163 g/mol. The van der Waals surface area contributed by atoms with Gasteiger partial charge in [-0.15, -0.1) is 0 Å². The highest BCUT2D eigenvalue weighted by Gasteiger charge is 2.29. The molecule has 1 heteroatoms. The Bertz CT molecular complexity index is 223. The zero-order valence-electron chi connectivity index (χ0n) is 7.84. The number of nitrogens with zero attached hydrogens (tertiary/aromatic N) is 1. The number of likely N-dealkylation sites (N-methyl/N-ethyl adjacent to an activating group) is 1. The topological polar surface area (TPSA) is 3.24 Å². The first-order chi connectivity index (χ1) is 5.81. The summed E-state index contributed by atoms with van der Waals surface area (Å²) in [4.78, 5) is 2.38. The van der Waals surface area contributed by atoms with E-state index in [-0.39, 0.29) is 0 Å². The van der Waals surface area contributed by atoms with Crippen molar-refractivity contribution in [2.75, 3.05) is 20.1 Å². The fourth-order valence-corrected chi connectivity index (χ4v) is 2.04. The van der Waals surface area contributed by atoms with Gasteiger partial charge in [0.25, 0.3) is 0 Å². The maximum Gasteiger partial charge on any atom is 0.0230 e. The molecule has 66 valence electrons. The van der Waals surface area contributed by atoms with Crippen LogP contribution >= 0.6 is 0 Å². The predicted octanol–water partition coefficient (Wildman–Crippen LogP) is 2.21. The van der Waals surface area contributed by atoms with Crippen LogP contribution in [0.25, 0.3) is 0 Å². The highest BCUT2D eigenvalue weighted by atomic mass is 15.1. The van der Waals surface area contributed by atoms with Gasteiger partial charge in [0.2, 0.25) is 0 Å². The van der Waals surface area contributed by atoms with Crippen LogP contribution in [-0.4, -0.2) is 25.0 Å². The molecule has 1 fully saturated rings. The summed E-state index contributed by atoms with van der Waals surface area (Å²) in [6, 6.07) is 0. The third-order valence-corrected chi connectivity index (χ3v) is 2.93. The lowest BCUT2D eigenvalue weighted by molar-refractivity contribution is 0.347. The van der Waals surface area contributed by atoms with Crippen LogP contribution in [-0.2, 0) is 0 Å². The zero-order valence-corrected chi connectivity index (χ0v) is 7.84. The molecule has 0 unspecified atom stereocenters. The molecule has 0 N–H and O–H groups in total. The smallest absolute Gasteiger partial charge is 0.0230 e. The molecule has 1 heterocycles. The molecule has 1 aliphatic heterocycles. The van der Waals surface area contributed by atoms with Crippen LogP contribution in [0.4, 0.5) is 0 Å². The Morgan fingerprint density at radius 1 is 1.50 bits per heavy atom. The summed E-state index contributed by atoms with van der Waals surface area (Å²) < 4.78 is 0. The molecule has 2 rings (SSSR count). The Labute approximate surface area is 74.8 Å². The van der Waals surface area contributed by atoms with Crippen molar-refractivity contribution in [1.82, 2.24) is 4.90 Å². The molecule has 12 heavy (non-hydrogen) atoms. The van der Waals surface area contributed by atoms with Gasteiger partial charge in [0.05, 0.1) is 0 Å². The van der Waals surface area contributed by atoms with Gasteiger partial charge in [-0.25, -0.2) is 0 Å². The first-order valence-corrected chi connectivity index (χ1v) is 4.84. The van der Waals surface area contributed by atoms with Gasteiger partial charge in [0.1, 0.15) is 0 Å². The molecular formula is C11H17N. The lowest BCUT2D eigenvalue weighted by atomic mass is 9.96. The van der Waals surface area contributed by atoms with Crippen molar-refractivity contribution in [3.05, 3.63) is 23.8 Å². The molecule has 0 bridgehead atoms. The summed E-state index contributed by atoms with van der Waals surface area (Å²) >= 11 is 0. The quantitative estimate of drug-likeness (QED) is 0.603. The summed E-state index contributed by atoms with van der Waals surface area (Å²) in [6.45, 7) is 6.25. The second-order valence-electron chi connectivity index (χ2n) is 4.02. The van der Waals surface area contributed by atoms with E-state index in [1.54, 1.807) is 5.57 Å². The molecule has 0 aromatic carbocycles. The number of hydrogen-bond acceptors (Lipinski definition) is 1. The standard InChI is InChI=1S/C11H17N/c1-3-9-8-12(2)7-6-11(9)10-4-5-10/h3,10H,1,4-8H2,2H3. The van der Waals surface area contributed by atoms with Crippen molar-refractivity contribution in [3.8, 4) is 0 Å². The van der Waals surface area contributed by atoms with Gasteiger partial charge < -0.3 is 4.90 Å². The lowest BCUT2D eigenvalue weighted by Gasteiger charge is -2.26. The zero-order chi connectivity index (χ0) is 8.55. The van der Waals surface area contributed by atoms with E-state index in [0.29, 0.717) is 0 Å². The van der Waals surface area contributed by atoms with Crippen LogP contribution in [0.1, 0.15) is 19.3 Å². The minimum Gasteiger partial charge on any atom is -0.302 e. The van der Waals surface area contributed by atoms with Crippen LogP contribution in [0.2, 0.25) is 0 Å². The summed E-state index contributed by atoms with van der Waals surface area (Å²) in [5.74, 6) is 0.937. The molecule has 0 saturated heterocycles. The number of hydrogen-bond donors (Lipinski definition) is 0. The van der Waals surface area contributed by atoms with Crippen molar-refractivity contribution in [3.63, 3.8) is 0 Å². The van der Waals surface area contributed by atoms with E-state index in [0.717, 1.165) is 12.5 Å². The Morgan fingerprint density at radius 2 is 2.25 bits per heavy atom. The molecular weight excluding hydrogens is 146 g/mol. The van der Waals surface area contributed by atoms with E-state index in [1.165, 1.54) is 31.4 Å². The van der Waals surface area contributed by atoms with Gasteiger partial charge in [-0.1, -0.05) is 18.2 Å². The third kappa shape index (κ3) is 1.46. The summed E-state index contributed by atoms with van der Waals surface area (Å²) in [5, 5.41) is 0. The van der Waals surface area contributed by atoms with Gasteiger partial charge in [-0.2, -0.15) is 0 Å². The van der Waals surface area contributed by atoms with Crippen LogP contribution in [0.3, 0.4) is 0 Å². The monoisotopic (exact) mass is 163 g/mol. The van der Waals surface area contributed by atoms with Crippen molar-refractivity contribution in [2.45, 2.75) is 19.3 Å². The van der Waals surface area contributed by atoms with Gasteiger partial charge >= 0.3 is 0 Å². The first kappa shape index (κ1) is 8.06. The molecule has 0 amide bonds. The fourth-order valence-electron chi connectivity index (χ4n) is 2.04. The van der Waals surface area contributed by atoms with Gasteiger partial charge in [-0.05, 0) is 37.8 Å². The maximum atomic E-state index is 3.89. The summed E-state index contributed by atoms with van der Waals surface area (Å²) in [6.07, 6.45) is 6.19. The van der Waals surface area contributed by atoms with E-state index in [1.807, 2.05) is 0 Å². The van der Waals surface area contributed by atoms with Crippen molar-refractivity contribution in [2.24, 2.45) is 5.92 Å². The minimum atomic E-state index is 0.937. The van der Waals surface area contributed by atoms with Gasteiger partial charge in [0, 0.05) is 13.1 Å². The van der Waals surface area contributed by atoms with Crippen LogP contribution in [0.15, 0.2) is 23.8 Å². The molecule has 2 aliphatic rings. The Morgan fingerprint density at radius 3 is 2.83 bits per heavy atom. The molecule has 0 atom stereocenters. The molecule has 0 aromatic heterocycles. The first-order valence-electron chi connectivity index (χ1n) is 4.84. The van der Waals surface area contributed by atoms with Crippen LogP contribution in [0.5, 0.6) is 0 Å². The number of rotatable bonds is 2. The highest BCUT2D eigenvalue weighted by Crippen LogP contribution is 2.41. The largest absolute Gasteiger partial charge is 0.302 e. The van der Waals surface area contributed by atoms with E-state index in [2.05, 4.69) is 24.6 Å². The molecule has 0 aromatic rings. The Kier molecular flexibility index (Phi) is 2.05. The van der Waals surface area contributed by atoms with Crippen LogP contribution in [0, 0.1) is 5.92 Å². The van der Waals surface area contributed by atoms with Crippen molar-refractivity contribution >= 4 is 0 Å².